The zero-order chi connectivity index (χ0) is 14.8. The third-order valence-electron chi connectivity index (χ3n) is 7.97. The van der Waals surface area contributed by atoms with E-state index in [1.807, 2.05) is 0 Å². The summed E-state index contributed by atoms with van der Waals surface area (Å²) < 4.78 is 13.8. The molecule has 0 aliphatic heterocycles. The van der Waals surface area contributed by atoms with Gasteiger partial charge in [-0.2, -0.15) is 0 Å². The Bertz CT molecular complexity index is 504. The summed E-state index contributed by atoms with van der Waals surface area (Å²) in [7, 11) is 0. The molecule has 3 fully saturated rings. The maximum Gasteiger partial charge on any atom is 0.100 e. The Hall–Kier alpha value is -0.590. The zero-order valence-corrected chi connectivity index (χ0v) is 13.6. The van der Waals surface area contributed by atoms with Gasteiger partial charge in [0.15, 0.2) is 0 Å². The van der Waals surface area contributed by atoms with E-state index in [2.05, 4.69) is 26.5 Å². The summed E-state index contributed by atoms with van der Waals surface area (Å²) in [6.07, 6.45) is 11.0. The van der Waals surface area contributed by atoms with Crippen molar-refractivity contribution in [3.05, 3.63) is 23.8 Å². The van der Waals surface area contributed by atoms with E-state index in [-0.39, 0.29) is 0 Å². The molecule has 6 atom stereocenters. The molecule has 0 aromatic rings. The Kier molecular flexibility index (Phi) is 2.98. The van der Waals surface area contributed by atoms with Crippen molar-refractivity contribution in [3.63, 3.8) is 0 Å². The molecule has 0 bridgehead atoms. The van der Waals surface area contributed by atoms with E-state index >= 15 is 0 Å². The van der Waals surface area contributed by atoms with Crippen LogP contribution >= 0.6 is 0 Å². The summed E-state index contributed by atoms with van der Waals surface area (Å²) in [5, 5.41) is 0. The van der Waals surface area contributed by atoms with Gasteiger partial charge < -0.3 is 0 Å². The quantitative estimate of drug-likeness (QED) is 0.491. The molecule has 4 aliphatic carbocycles. The second kappa shape index (κ2) is 4.46. The van der Waals surface area contributed by atoms with E-state index in [9.17, 15) is 4.39 Å². The summed E-state index contributed by atoms with van der Waals surface area (Å²) in [6, 6.07) is 0. The molecule has 116 valence electrons. The number of halogens is 1. The van der Waals surface area contributed by atoms with E-state index in [4.69, 9.17) is 0 Å². The highest BCUT2D eigenvalue weighted by Gasteiger charge is 2.55. The Morgan fingerprint density at radius 3 is 2.76 bits per heavy atom. The van der Waals surface area contributed by atoms with Gasteiger partial charge in [-0.15, -0.1) is 0 Å². The fourth-order valence-corrected chi connectivity index (χ4v) is 6.37. The topological polar surface area (TPSA) is 0 Å². The van der Waals surface area contributed by atoms with Crippen molar-refractivity contribution >= 4 is 0 Å². The fraction of sp³-hybridized carbons (Fsp3) is 0.800. The maximum absolute atomic E-state index is 13.8. The Labute approximate surface area is 128 Å². The van der Waals surface area contributed by atoms with Gasteiger partial charge in [0.1, 0.15) is 6.17 Å². The predicted octanol–water partition coefficient (Wildman–Crippen LogP) is 5.84. The van der Waals surface area contributed by atoms with Gasteiger partial charge in [-0.1, -0.05) is 37.6 Å². The summed E-state index contributed by atoms with van der Waals surface area (Å²) in [4.78, 5) is 0. The lowest BCUT2D eigenvalue weighted by Gasteiger charge is -2.56. The smallest absolute Gasteiger partial charge is 0.100 e. The van der Waals surface area contributed by atoms with Crippen LogP contribution in [0.4, 0.5) is 4.39 Å². The monoisotopic (exact) mass is 288 g/mol. The highest BCUT2D eigenvalue weighted by Crippen LogP contribution is 2.65. The predicted molar refractivity (Wildman–Crippen MR) is 85.7 cm³/mol. The molecule has 0 spiro atoms. The fourth-order valence-electron chi connectivity index (χ4n) is 6.37. The summed E-state index contributed by atoms with van der Waals surface area (Å²) in [6.45, 7) is 9.31. The van der Waals surface area contributed by atoms with Crippen molar-refractivity contribution in [3.8, 4) is 0 Å². The van der Waals surface area contributed by atoms with Crippen molar-refractivity contribution < 1.29 is 4.39 Å². The maximum atomic E-state index is 13.8. The molecule has 0 saturated heterocycles. The summed E-state index contributed by atoms with van der Waals surface area (Å²) >= 11 is 0. The van der Waals surface area contributed by atoms with E-state index in [1.54, 1.807) is 5.57 Å². The van der Waals surface area contributed by atoms with Crippen molar-refractivity contribution in [2.75, 3.05) is 0 Å². The van der Waals surface area contributed by atoms with Crippen LogP contribution in [0.2, 0.25) is 0 Å². The Balaban J connectivity index is 1.70. The highest BCUT2D eigenvalue weighted by molar-refractivity contribution is 5.33. The van der Waals surface area contributed by atoms with Crippen LogP contribution in [-0.4, -0.2) is 6.17 Å². The summed E-state index contributed by atoms with van der Waals surface area (Å²) in [5.74, 6) is 2.06. The number of allylic oxidation sites excluding steroid dienone is 3. The zero-order valence-electron chi connectivity index (χ0n) is 13.6. The first kappa shape index (κ1) is 14.0. The van der Waals surface area contributed by atoms with Crippen molar-refractivity contribution in [2.24, 2.45) is 28.6 Å². The SMILES string of the molecule is C=C1CCC2C3=CCC4C[C@@H](F)CCC4(C)C3CC[C@]12C. The molecule has 4 aliphatic rings. The highest BCUT2D eigenvalue weighted by atomic mass is 19.1. The third kappa shape index (κ3) is 1.79. The van der Waals surface area contributed by atoms with Gasteiger partial charge in [0.05, 0.1) is 0 Å². The van der Waals surface area contributed by atoms with Gasteiger partial charge in [-0.3, -0.25) is 0 Å². The molecule has 0 heterocycles. The molecule has 0 N–H and O–H groups in total. The lowest BCUT2D eigenvalue weighted by molar-refractivity contribution is -0.0111. The third-order valence-corrected chi connectivity index (χ3v) is 7.97. The molecule has 0 aromatic heterocycles. The van der Waals surface area contributed by atoms with Crippen molar-refractivity contribution in [1.82, 2.24) is 0 Å². The van der Waals surface area contributed by atoms with Gasteiger partial charge in [-0.25, -0.2) is 4.39 Å². The Morgan fingerprint density at radius 1 is 1.14 bits per heavy atom. The average Bonchev–Trinajstić information content (AvgIpc) is 2.76. The number of hydrogen-bond donors (Lipinski definition) is 0. The number of fused-ring (bicyclic) bond motifs is 5. The van der Waals surface area contributed by atoms with Crippen LogP contribution < -0.4 is 0 Å². The summed E-state index contributed by atoms with van der Waals surface area (Å²) in [5.41, 5.74) is 3.98. The first-order chi connectivity index (χ1) is 9.95. The van der Waals surface area contributed by atoms with Crippen LogP contribution in [0, 0.1) is 28.6 Å². The minimum atomic E-state index is -0.543. The molecule has 3 saturated carbocycles. The molecule has 4 unspecified atom stereocenters. The second-order valence-electron chi connectivity index (χ2n) is 8.72. The van der Waals surface area contributed by atoms with Crippen LogP contribution in [0.5, 0.6) is 0 Å². The standard InChI is InChI=1S/C20H29F/c1-13-4-7-17-16-6-5-14-12-15(21)8-10-20(14,3)18(16)9-11-19(13,17)2/h6,14-15,17-18H,1,4-5,7-12H2,2-3H3/t14?,15-,17?,18?,19+,20?/m0/s1. The van der Waals surface area contributed by atoms with Gasteiger partial charge in [0, 0.05) is 0 Å². The van der Waals surface area contributed by atoms with E-state index in [0.29, 0.717) is 16.7 Å². The number of hydrogen-bond acceptors (Lipinski definition) is 0. The average molecular weight is 288 g/mol. The minimum absolute atomic E-state index is 0.364. The molecular weight excluding hydrogens is 259 g/mol. The van der Waals surface area contributed by atoms with Crippen LogP contribution in [0.25, 0.3) is 0 Å². The molecule has 0 nitrogen and oxygen atoms in total. The minimum Gasteiger partial charge on any atom is -0.247 e. The van der Waals surface area contributed by atoms with E-state index in [1.165, 1.54) is 31.3 Å². The van der Waals surface area contributed by atoms with Crippen LogP contribution in [-0.2, 0) is 0 Å². The largest absolute Gasteiger partial charge is 0.247 e. The van der Waals surface area contributed by atoms with Crippen molar-refractivity contribution in [2.45, 2.75) is 71.4 Å². The Morgan fingerprint density at radius 2 is 1.95 bits per heavy atom. The first-order valence-corrected chi connectivity index (χ1v) is 8.97. The lowest BCUT2D eigenvalue weighted by atomic mass is 9.48. The van der Waals surface area contributed by atoms with E-state index in [0.717, 1.165) is 37.5 Å². The molecule has 0 aromatic carbocycles. The molecule has 1 heteroatoms. The van der Waals surface area contributed by atoms with E-state index < -0.39 is 6.17 Å². The lowest BCUT2D eigenvalue weighted by Crippen LogP contribution is -2.48. The van der Waals surface area contributed by atoms with Crippen LogP contribution in [0.1, 0.15) is 65.2 Å². The molecule has 0 radical (unpaired) electrons. The van der Waals surface area contributed by atoms with Gasteiger partial charge in [0.2, 0.25) is 0 Å². The number of alkyl halides is 1. The molecule has 21 heavy (non-hydrogen) atoms. The normalized spacial score (nSPS) is 52.7. The van der Waals surface area contributed by atoms with Gasteiger partial charge >= 0.3 is 0 Å². The van der Waals surface area contributed by atoms with Crippen molar-refractivity contribution in [1.29, 1.82) is 0 Å². The molecule has 4 rings (SSSR count). The second-order valence-corrected chi connectivity index (χ2v) is 8.72. The number of rotatable bonds is 0. The molecular formula is C20H29F. The van der Waals surface area contributed by atoms with Gasteiger partial charge in [0.25, 0.3) is 0 Å². The first-order valence-electron chi connectivity index (χ1n) is 8.97. The van der Waals surface area contributed by atoms with Crippen LogP contribution in [0.15, 0.2) is 23.8 Å². The van der Waals surface area contributed by atoms with Gasteiger partial charge in [-0.05, 0) is 80.0 Å². The molecule has 0 amide bonds. The van der Waals surface area contributed by atoms with Crippen LogP contribution in [0.3, 0.4) is 0 Å².